The molecule has 0 spiro atoms. The van der Waals surface area contributed by atoms with E-state index in [4.69, 9.17) is 0 Å². The van der Waals surface area contributed by atoms with E-state index in [1.165, 1.54) is 11.3 Å². The van der Waals surface area contributed by atoms with Crippen molar-refractivity contribution in [1.29, 1.82) is 0 Å². The summed E-state index contributed by atoms with van der Waals surface area (Å²) in [5, 5.41) is 2.69. The largest absolute Gasteiger partial charge is 0.312 e. The van der Waals surface area contributed by atoms with Crippen LogP contribution in [0.15, 0.2) is 38.9 Å². The highest BCUT2D eigenvalue weighted by atomic mass is 79.9. The molecule has 4 rings (SSSR count). The predicted molar refractivity (Wildman–Crippen MR) is 108 cm³/mol. The molecule has 1 saturated heterocycles. The Morgan fingerprint density at radius 3 is 2.69 bits per heavy atom. The molecule has 0 unspecified atom stereocenters. The van der Waals surface area contributed by atoms with Gasteiger partial charge in [-0.05, 0) is 41.1 Å². The lowest BCUT2D eigenvalue weighted by Gasteiger charge is -2.16. The molecule has 1 atom stereocenters. The smallest absolute Gasteiger partial charge is 0.259 e. The van der Waals surface area contributed by atoms with Crippen molar-refractivity contribution < 1.29 is 4.79 Å². The topological polar surface area (TPSA) is 66.1 Å². The van der Waals surface area contributed by atoms with Crippen molar-refractivity contribution in [2.24, 2.45) is 0 Å². The van der Waals surface area contributed by atoms with Crippen LogP contribution in [-0.4, -0.2) is 22.4 Å². The lowest BCUT2D eigenvalue weighted by atomic mass is 10.0. The Kier molecular flexibility index (Phi) is 4.44. The second-order valence-corrected chi connectivity index (χ2v) is 8.63. The highest BCUT2D eigenvalue weighted by molar-refractivity contribution is 9.10. The second kappa shape index (κ2) is 6.63. The summed E-state index contributed by atoms with van der Waals surface area (Å²) in [5.41, 5.74) is 1.79. The maximum absolute atomic E-state index is 12.6. The molecule has 1 fully saturated rings. The van der Waals surface area contributed by atoms with Crippen LogP contribution in [0.5, 0.6) is 0 Å². The molecular weight excluding hydrogens is 414 g/mol. The first-order valence-corrected chi connectivity index (χ1v) is 10.2. The predicted octanol–water partition coefficient (Wildman–Crippen LogP) is 4.39. The Balaban J connectivity index is 1.67. The van der Waals surface area contributed by atoms with Gasteiger partial charge >= 0.3 is 0 Å². The molecule has 5 nitrogen and oxygen atoms in total. The molecule has 1 amide bonds. The number of hydrogen-bond donors (Lipinski definition) is 1. The highest BCUT2D eigenvalue weighted by Crippen LogP contribution is 2.33. The summed E-state index contributed by atoms with van der Waals surface area (Å²) in [6.07, 6.45) is 0.354. The number of H-pyrrole nitrogens is 1. The molecule has 0 aliphatic carbocycles. The molecule has 1 aliphatic heterocycles. The molecule has 0 radical (unpaired) electrons. The van der Waals surface area contributed by atoms with Gasteiger partial charge in [0.2, 0.25) is 5.91 Å². The number of hydrogen-bond acceptors (Lipinski definition) is 4. The molecule has 1 aromatic carbocycles. The third-order valence-electron chi connectivity index (χ3n) is 4.76. The number of aromatic nitrogens is 2. The van der Waals surface area contributed by atoms with Crippen LogP contribution < -0.4 is 10.5 Å². The van der Waals surface area contributed by atoms with Gasteiger partial charge in [-0.25, -0.2) is 4.98 Å². The van der Waals surface area contributed by atoms with Gasteiger partial charge in [0, 0.05) is 29.0 Å². The number of halogens is 1. The summed E-state index contributed by atoms with van der Waals surface area (Å²) in [5.74, 6) is 0.827. The number of anilines is 1. The van der Waals surface area contributed by atoms with Crippen LogP contribution in [0, 0.1) is 0 Å². The third kappa shape index (κ3) is 2.99. The Labute approximate surface area is 163 Å². The maximum Gasteiger partial charge on any atom is 0.259 e. The Hall–Kier alpha value is -1.99. The van der Waals surface area contributed by atoms with E-state index in [-0.39, 0.29) is 23.3 Å². The van der Waals surface area contributed by atoms with E-state index in [9.17, 15) is 9.59 Å². The molecular formula is C19H18BrN3O2S. The second-order valence-electron chi connectivity index (χ2n) is 6.86. The molecule has 2 aromatic heterocycles. The number of fused-ring (bicyclic) bond motifs is 1. The maximum atomic E-state index is 12.6. The number of aromatic amines is 1. The first kappa shape index (κ1) is 17.4. The molecule has 3 aromatic rings. The Morgan fingerprint density at radius 2 is 2.00 bits per heavy atom. The number of carbonyl (C=O) groups excluding carboxylic acids is 1. The monoisotopic (exact) mass is 431 g/mol. The van der Waals surface area contributed by atoms with Crippen molar-refractivity contribution in [3.8, 4) is 0 Å². The Bertz CT molecular complexity index is 1040. The van der Waals surface area contributed by atoms with Gasteiger partial charge in [0.15, 0.2) is 0 Å². The van der Waals surface area contributed by atoms with Crippen molar-refractivity contribution in [1.82, 2.24) is 9.97 Å². The van der Waals surface area contributed by atoms with Gasteiger partial charge in [-0.2, -0.15) is 0 Å². The number of nitrogens with one attached hydrogen (secondary N) is 1. The molecule has 1 aliphatic rings. The zero-order chi connectivity index (χ0) is 18.4. The average Bonchev–Trinajstić information content (AvgIpc) is 3.20. The molecule has 0 bridgehead atoms. The van der Waals surface area contributed by atoms with E-state index in [0.29, 0.717) is 24.2 Å². The number of amides is 1. The number of nitrogens with zero attached hydrogens (tertiary/aromatic N) is 2. The average molecular weight is 432 g/mol. The molecule has 3 heterocycles. The summed E-state index contributed by atoms with van der Waals surface area (Å²) in [6, 6.07) is 7.66. The van der Waals surface area contributed by atoms with Crippen molar-refractivity contribution in [3.05, 3.63) is 55.9 Å². The summed E-state index contributed by atoms with van der Waals surface area (Å²) < 4.78 is 0.972. The summed E-state index contributed by atoms with van der Waals surface area (Å²) in [4.78, 5) is 35.2. The van der Waals surface area contributed by atoms with Crippen LogP contribution in [0.2, 0.25) is 0 Å². The van der Waals surface area contributed by atoms with E-state index in [1.54, 1.807) is 4.90 Å². The van der Waals surface area contributed by atoms with Crippen molar-refractivity contribution in [2.45, 2.75) is 32.1 Å². The first-order valence-electron chi connectivity index (χ1n) is 8.51. The summed E-state index contributed by atoms with van der Waals surface area (Å²) >= 11 is 4.90. The van der Waals surface area contributed by atoms with Crippen molar-refractivity contribution >= 4 is 49.1 Å². The van der Waals surface area contributed by atoms with Crippen LogP contribution in [0.1, 0.15) is 43.5 Å². The number of rotatable bonds is 3. The normalized spacial score (nSPS) is 17.6. The fourth-order valence-electron chi connectivity index (χ4n) is 3.37. The zero-order valence-electron chi connectivity index (χ0n) is 14.5. The minimum absolute atomic E-state index is 0.0501. The molecule has 26 heavy (non-hydrogen) atoms. The van der Waals surface area contributed by atoms with Gasteiger partial charge in [0.1, 0.15) is 10.7 Å². The SMILES string of the molecule is CC(C)c1csc2nc([C@H]3CC(=O)N(c4ccc(Br)cc4)C3)[nH]c(=O)c12. The highest BCUT2D eigenvalue weighted by Gasteiger charge is 2.33. The number of carbonyl (C=O) groups is 1. The molecule has 134 valence electrons. The van der Waals surface area contributed by atoms with E-state index in [2.05, 4.69) is 39.7 Å². The van der Waals surface area contributed by atoms with E-state index in [0.717, 1.165) is 20.6 Å². The van der Waals surface area contributed by atoms with Crippen molar-refractivity contribution in [3.63, 3.8) is 0 Å². The number of thiophene rings is 1. The van der Waals surface area contributed by atoms with Crippen LogP contribution >= 0.6 is 27.3 Å². The fraction of sp³-hybridized carbons (Fsp3) is 0.316. The van der Waals surface area contributed by atoms with Gasteiger partial charge in [-0.3, -0.25) is 9.59 Å². The van der Waals surface area contributed by atoms with Crippen LogP contribution in [0.4, 0.5) is 5.69 Å². The Morgan fingerprint density at radius 1 is 1.27 bits per heavy atom. The van der Waals surface area contributed by atoms with Crippen LogP contribution in [-0.2, 0) is 4.79 Å². The zero-order valence-corrected chi connectivity index (χ0v) is 16.9. The first-order chi connectivity index (χ1) is 12.4. The van der Waals surface area contributed by atoms with Gasteiger partial charge in [-0.15, -0.1) is 11.3 Å². The van der Waals surface area contributed by atoms with Crippen LogP contribution in [0.25, 0.3) is 10.2 Å². The lowest BCUT2D eigenvalue weighted by Crippen LogP contribution is -2.24. The van der Waals surface area contributed by atoms with Gasteiger partial charge in [0.05, 0.1) is 5.39 Å². The minimum atomic E-state index is -0.107. The van der Waals surface area contributed by atoms with Gasteiger partial charge in [-0.1, -0.05) is 29.8 Å². The lowest BCUT2D eigenvalue weighted by molar-refractivity contribution is -0.117. The van der Waals surface area contributed by atoms with E-state index < -0.39 is 0 Å². The third-order valence-corrected chi connectivity index (χ3v) is 6.18. The van der Waals surface area contributed by atoms with Crippen LogP contribution in [0.3, 0.4) is 0 Å². The van der Waals surface area contributed by atoms with Gasteiger partial charge < -0.3 is 9.88 Å². The van der Waals surface area contributed by atoms with Gasteiger partial charge in [0.25, 0.3) is 5.56 Å². The molecule has 1 N–H and O–H groups in total. The minimum Gasteiger partial charge on any atom is -0.312 e. The molecule has 0 saturated carbocycles. The standard InChI is InChI=1S/C19H18BrN3O2S/c1-10(2)14-9-26-19-16(14)18(25)21-17(22-19)11-7-15(24)23(8-11)13-5-3-12(20)4-6-13/h3-6,9-11H,7-8H2,1-2H3,(H,21,22,25)/t11-/m0/s1. The fourth-order valence-corrected chi connectivity index (χ4v) is 4.74. The van der Waals surface area contributed by atoms with E-state index in [1.807, 2.05) is 29.6 Å². The summed E-state index contributed by atoms with van der Waals surface area (Å²) in [6.45, 7) is 4.67. The van der Waals surface area contributed by atoms with E-state index >= 15 is 0 Å². The van der Waals surface area contributed by atoms with Crippen molar-refractivity contribution in [2.75, 3.05) is 11.4 Å². The summed E-state index contributed by atoms with van der Waals surface area (Å²) in [7, 11) is 0. The quantitative estimate of drug-likeness (QED) is 0.668. The number of benzene rings is 1. The molecule has 7 heteroatoms.